The molecule has 0 aliphatic heterocycles. The Balaban J connectivity index is 1.97. The Morgan fingerprint density at radius 3 is 2.50 bits per heavy atom. The molecule has 2 amide bonds. The summed E-state index contributed by atoms with van der Waals surface area (Å²) in [7, 11) is 0.984. The second-order valence-electron chi connectivity index (χ2n) is 6.08. The van der Waals surface area contributed by atoms with E-state index < -0.39 is 47.6 Å². The van der Waals surface area contributed by atoms with Crippen molar-refractivity contribution in [1.29, 1.82) is 0 Å². The zero-order chi connectivity index (χ0) is 20.6. The molecule has 1 unspecified atom stereocenters. The van der Waals surface area contributed by atoms with Gasteiger partial charge in [0.05, 0.1) is 12.1 Å². The molecule has 1 aliphatic rings. The zero-order valence-electron chi connectivity index (χ0n) is 14.3. The quantitative estimate of drug-likeness (QED) is 0.726. The number of ether oxygens (including phenoxy) is 1. The van der Waals surface area contributed by atoms with E-state index in [1.165, 1.54) is 6.07 Å². The normalized spacial score (nSPS) is 17.0. The van der Waals surface area contributed by atoms with E-state index in [2.05, 4.69) is 10.1 Å². The van der Waals surface area contributed by atoms with E-state index in [1.54, 1.807) is 0 Å². The number of hydrogen-bond acceptors (Lipinski definition) is 3. The number of nitrogens with one attached hydrogen (secondary N) is 2. The van der Waals surface area contributed by atoms with Gasteiger partial charge in [-0.05, 0) is 35.9 Å². The Kier molecular flexibility index (Phi) is 5.20. The molecule has 0 radical (unpaired) electrons. The molecule has 0 saturated heterocycles. The van der Waals surface area contributed by atoms with Crippen molar-refractivity contribution in [2.45, 2.75) is 18.4 Å². The highest BCUT2D eigenvalue weighted by atomic mass is 35.5. The van der Waals surface area contributed by atoms with Crippen molar-refractivity contribution in [2.75, 3.05) is 12.4 Å². The highest BCUT2D eigenvalue weighted by molar-refractivity contribution is 6.31. The van der Waals surface area contributed by atoms with E-state index in [4.69, 9.17) is 11.6 Å². The first-order valence-electron chi connectivity index (χ1n) is 7.94. The van der Waals surface area contributed by atoms with Crippen LogP contribution in [0.1, 0.15) is 27.5 Å². The summed E-state index contributed by atoms with van der Waals surface area (Å²) in [6, 6.07) is 3.35. The van der Waals surface area contributed by atoms with Crippen LogP contribution in [0.3, 0.4) is 0 Å². The summed E-state index contributed by atoms with van der Waals surface area (Å²) in [5.74, 6) is -6.03. The summed E-state index contributed by atoms with van der Waals surface area (Å²) in [5, 5.41) is 4.06. The summed E-state index contributed by atoms with van der Waals surface area (Å²) in [6.07, 6.45) is -2.12. The molecule has 3 rings (SSSR count). The van der Waals surface area contributed by atoms with Gasteiger partial charge in [-0.1, -0.05) is 11.6 Å². The number of fused-ring (bicyclic) bond motifs is 1. The van der Waals surface area contributed by atoms with Crippen molar-refractivity contribution in [3.05, 3.63) is 63.7 Å². The van der Waals surface area contributed by atoms with Crippen molar-refractivity contribution < 1.29 is 31.9 Å². The minimum absolute atomic E-state index is 0.128. The molecule has 2 aromatic carbocycles. The molecule has 0 saturated carbocycles. The summed E-state index contributed by atoms with van der Waals surface area (Å²) < 4.78 is 60.7. The Hall–Kier alpha value is -2.81. The number of anilines is 1. The Morgan fingerprint density at radius 2 is 1.86 bits per heavy atom. The van der Waals surface area contributed by atoms with Crippen LogP contribution in [0.4, 0.5) is 28.0 Å². The second kappa shape index (κ2) is 7.31. The minimum atomic E-state index is -3.53. The highest BCUT2D eigenvalue weighted by Crippen LogP contribution is 2.45. The van der Waals surface area contributed by atoms with E-state index in [0.717, 1.165) is 31.4 Å². The first-order valence-corrected chi connectivity index (χ1v) is 8.32. The standard InChI is InChI=1S/C18H13ClF4N2O3/c1-28-17(27)25-15-14-10(7-18(15,22)23)9(3-5-13(14)21)16(26)24-8-2-4-12(20)11(19)6-8/h2-6,15H,7H2,1H3,(H,24,26)(H,25,27). The molecule has 28 heavy (non-hydrogen) atoms. The molecule has 0 fully saturated rings. The lowest BCUT2D eigenvalue weighted by molar-refractivity contribution is -0.0254. The lowest BCUT2D eigenvalue weighted by Crippen LogP contribution is -2.38. The van der Waals surface area contributed by atoms with E-state index in [0.29, 0.717) is 0 Å². The predicted octanol–water partition coefficient (Wildman–Crippen LogP) is 4.46. The number of hydrogen-bond donors (Lipinski definition) is 2. The maximum atomic E-state index is 14.4. The number of carbonyl (C=O) groups is 2. The van der Waals surface area contributed by atoms with Crippen LogP contribution in [0, 0.1) is 11.6 Å². The van der Waals surface area contributed by atoms with Gasteiger partial charge >= 0.3 is 6.09 Å². The largest absolute Gasteiger partial charge is 0.453 e. The summed E-state index contributed by atoms with van der Waals surface area (Å²) in [5.41, 5.74) is -0.800. The molecule has 148 valence electrons. The van der Waals surface area contributed by atoms with Crippen molar-refractivity contribution in [3.8, 4) is 0 Å². The third kappa shape index (κ3) is 3.62. The summed E-state index contributed by atoms with van der Waals surface area (Å²) >= 11 is 5.65. The fourth-order valence-electron chi connectivity index (χ4n) is 3.03. The molecule has 1 atom stereocenters. The fraction of sp³-hybridized carbons (Fsp3) is 0.222. The van der Waals surface area contributed by atoms with Crippen LogP contribution in [-0.4, -0.2) is 25.0 Å². The molecule has 0 spiro atoms. The number of halogens is 5. The van der Waals surface area contributed by atoms with Crippen LogP contribution >= 0.6 is 11.6 Å². The number of alkyl halides is 2. The SMILES string of the molecule is COC(=O)NC1c2c(F)ccc(C(=O)Nc3ccc(F)c(Cl)c3)c2CC1(F)F. The average molecular weight is 417 g/mol. The van der Waals surface area contributed by atoms with E-state index in [1.807, 2.05) is 5.32 Å². The molecule has 10 heteroatoms. The van der Waals surface area contributed by atoms with E-state index in [-0.39, 0.29) is 21.8 Å². The van der Waals surface area contributed by atoms with Crippen molar-refractivity contribution in [1.82, 2.24) is 5.32 Å². The van der Waals surface area contributed by atoms with Crippen LogP contribution in [0.15, 0.2) is 30.3 Å². The number of benzene rings is 2. The van der Waals surface area contributed by atoms with Gasteiger partial charge in [-0.3, -0.25) is 4.79 Å². The molecule has 2 aromatic rings. The number of alkyl carbamates (subject to hydrolysis) is 1. The van der Waals surface area contributed by atoms with Crippen LogP contribution in [-0.2, 0) is 11.2 Å². The molecular formula is C18H13ClF4N2O3. The number of methoxy groups -OCH3 is 1. The van der Waals surface area contributed by atoms with Gasteiger partial charge in [0, 0.05) is 23.2 Å². The maximum absolute atomic E-state index is 14.4. The first-order chi connectivity index (χ1) is 13.1. The maximum Gasteiger partial charge on any atom is 0.407 e. The van der Waals surface area contributed by atoms with Gasteiger partial charge in [0.2, 0.25) is 0 Å². The van der Waals surface area contributed by atoms with Gasteiger partial charge in [0.25, 0.3) is 11.8 Å². The Morgan fingerprint density at radius 1 is 1.18 bits per heavy atom. The van der Waals surface area contributed by atoms with Gasteiger partial charge in [-0.2, -0.15) is 0 Å². The molecule has 1 aliphatic carbocycles. The number of rotatable bonds is 3. The van der Waals surface area contributed by atoms with Gasteiger partial charge in [-0.25, -0.2) is 22.4 Å². The van der Waals surface area contributed by atoms with Gasteiger partial charge in [0.15, 0.2) is 0 Å². The Labute approximate surface area is 161 Å². The van der Waals surface area contributed by atoms with Gasteiger partial charge in [0.1, 0.15) is 17.7 Å². The number of carbonyl (C=O) groups excluding carboxylic acids is 2. The summed E-state index contributed by atoms with van der Waals surface area (Å²) in [6.45, 7) is 0. The lowest BCUT2D eigenvalue weighted by atomic mass is 10.0. The third-order valence-electron chi connectivity index (χ3n) is 4.30. The van der Waals surface area contributed by atoms with Crippen molar-refractivity contribution in [3.63, 3.8) is 0 Å². The summed E-state index contributed by atoms with van der Waals surface area (Å²) in [4.78, 5) is 23.9. The van der Waals surface area contributed by atoms with Gasteiger partial charge < -0.3 is 15.4 Å². The zero-order valence-corrected chi connectivity index (χ0v) is 15.0. The average Bonchev–Trinajstić information content (AvgIpc) is 2.89. The first kappa shape index (κ1) is 19.9. The van der Waals surface area contributed by atoms with Crippen molar-refractivity contribution >= 4 is 29.3 Å². The predicted molar refractivity (Wildman–Crippen MR) is 92.7 cm³/mol. The minimum Gasteiger partial charge on any atom is -0.453 e. The molecule has 0 heterocycles. The highest BCUT2D eigenvalue weighted by Gasteiger charge is 2.51. The topological polar surface area (TPSA) is 67.4 Å². The van der Waals surface area contributed by atoms with Crippen molar-refractivity contribution in [2.24, 2.45) is 0 Å². The fourth-order valence-corrected chi connectivity index (χ4v) is 3.21. The molecule has 0 aromatic heterocycles. The number of amides is 2. The van der Waals surface area contributed by atoms with E-state index in [9.17, 15) is 27.2 Å². The molecule has 0 bridgehead atoms. The van der Waals surface area contributed by atoms with E-state index >= 15 is 0 Å². The second-order valence-corrected chi connectivity index (χ2v) is 6.48. The molecule has 2 N–H and O–H groups in total. The van der Waals surface area contributed by atoms with Crippen LogP contribution in [0.2, 0.25) is 5.02 Å². The van der Waals surface area contributed by atoms with Gasteiger partial charge in [-0.15, -0.1) is 0 Å². The van der Waals surface area contributed by atoms with Crippen LogP contribution in [0.5, 0.6) is 0 Å². The molecular weight excluding hydrogens is 404 g/mol. The van der Waals surface area contributed by atoms with Crippen LogP contribution < -0.4 is 10.6 Å². The molecule has 5 nitrogen and oxygen atoms in total. The smallest absolute Gasteiger partial charge is 0.407 e. The lowest BCUT2D eigenvalue weighted by Gasteiger charge is -2.20. The Bertz CT molecular complexity index is 968. The monoisotopic (exact) mass is 416 g/mol. The van der Waals surface area contributed by atoms with Crippen LogP contribution in [0.25, 0.3) is 0 Å². The third-order valence-corrected chi connectivity index (χ3v) is 4.59.